The smallest absolute Gasteiger partial charge is 0.169 e. The van der Waals surface area contributed by atoms with Crippen molar-refractivity contribution in [2.24, 2.45) is 5.92 Å². The standard InChI is InChI=1S/C19H28N2O3S/c1-12-6-4-5-7-14(12)20-19(25)21-10-13-16(23-2)8-9-17(24-3)18(13)15(22)11-21/h8-9,12,14-15,22H,4-7,10-11H2,1-3H3,(H,20,25)/t12-,14+,15-/m1/s1. The molecule has 138 valence electrons. The summed E-state index contributed by atoms with van der Waals surface area (Å²) in [6.07, 6.45) is 4.31. The Morgan fingerprint density at radius 1 is 1.20 bits per heavy atom. The lowest BCUT2D eigenvalue weighted by atomic mass is 9.86. The number of β-amino-alcohol motifs (C(OH)–C–C–N with tert-alkyl or cyclic N) is 1. The quantitative estimate of drug-likeness (QED) is 0.804. The van der Waals surface area contributed by atoms with Gasteiger partial charge in [0.1, 0.15) is 17.6 Å². The summed E-state index contributed by atoms with van der Waals surface area (Å²) >= 11 is 5.66. The van der Waals surface area contributed by atoms with E-state index >= 15 is 0 Å². The van der Waals surface area contributed by atoms with Gasteiger partial charge in [-0.05, 0) is 43.1 Å². The molecular formula is C19H28N2O3S. The van der Waals surface area contributed by atoms with E-state index in [1.807, 2.05) is 17.0 Å². The highest BCUT2D eigenvalue weighted by atomic mass is 32.1. The second kappa shape index (κ2) is 7.79. The van der Waals surface area contributed by atoms with Gasteiger partial charge in [-0.2, -0.15) is 0 Å². The molecule has 1 aromatic rings. The fourth-order valence-corrected chi connectivity index (χ4v) is 4.30. The summed E-state index contributed by atoms with van der Waals surface area (Å²) in [5.74, 6) is 2.08. The molecule has 0 aromatic heterocycles. The molecule has 3 atom stereocenters. The predicted molar refractivity (Wildman–Crippen MR) is 102 cm³/mol. The van der Waals surface area contributed by atoms with Gasteiger partial charge in [0.05, 0.1) is 20.8 Å². The molecule has 1 aliphatic carbocycles. The minimum absolute atomic E-state index is 0.423. The summed E-state index contributed by atoms with van der Waals surface area (Å²) in [7, 11) is 3.27. The maximum Gasteiger partial charge on any atom is 0.169 e. The van der Waals surface area contributed by atoms with E-state index in [4.69, 9.17) is 21.7 Å². The molecular weight excluding hydrogens is 336 g/mol. The number of ether oxygens (including phenoxy) is 2. The van der Waals surface area contributed by atoms with Gasteiger partial charge in [-0.15, -0.1) is 0 Å². The number of rotatable bonds is 3. The zero-order valence-electron chi connectivity index (χ0n) is 15.2. The van der Waals surface area contributed by atoms with Crippen molar-refractivity contribution >= 4 is 17.3 Å². The Bertz CT molecular complexity index is 637. The first-order valence-electron chi connectivity index (χ1n) is 9.02. The lowest BCUT2D eigenvalue weighted by molar-refractivity contribution is 0.120. The molecule has 1 heterocycles. The number of benzene rings is 1. The Morgan fingerprint density at radius 2 is 1.88 bits per heavy atom. The molecule has 1 aromatic carbocycles. The number of nitrogens with zero attached hydrogens (tertiary/aromatic N) is 1. The van der Waals surface area contributed by atoms with Crippen molar-refractivity contribution in [2.75, 3.05) is 20.8 Å². The Balaban J connectivity index is 1.79. The van der Waals surface area contributed by atoms with Crippen LogP contribution in [0.3, 0.4) is 0 Å². The summed E-state index contributed by atoms with van der Waals surface area (Å²) < 4.78 is 10.9. The zero-order chi connectivity index (χ0) is 18.0. The van der Waals surface area contributed by atoms with Crippen LogP contribution in [0.25, 0.3) is 0 Å². The van der Waals surface area contributed by atoms with E-state index in [-0.39, 0.29) is 0 Å². The average Bonchev–Trinajstić information content (AvgIpc) is 2.62. The van der Waals surface area contributed by atoms with Crippen molar-refractivity contribution in [2.45, 2.75) is 51.3 Å². The fourth-order valence-electron chi connectivity index (χ4n) is 4.01. The van der Waals surface area contributed by atoms with Gasteiger partial charge in [0.25, 0.3) is 0 Å². The largest absolute Gasteiger partial charge is 0.496 e. The van der Waals surface area contributed by atoms with Crippen LogP contribution in [0, 0.1) is 5.92 Å². The minimum Gasteiger partial charge on any atom is -0.496 e. The first-order chi connectivity index (χ1) is 12.0. The third kappa shape index (κ3) is 3.70. The van der Waals surface area contributed by atoms with Crippen molar-refractivity contribution in [1.29, 1.82) is 0 Å². The molecule has 2 N–H and O–H groups in total. The SMILES string of the molecule is COc1ccc(OC)c2c1CN(C(=S)N[C@H]1CCCC[C@H]1C)C[C@H]2O. The van der Waals surface area contributed by atoms with Crippen LogP contribution in [0.1, 0.15) is 49.8 Å². The van der Waals surface area contributed by atoms with Crippen LogP contribution in [-0.2, 0) is 6.54 Å². The van der Waals surface area contributed by atoms with Crippen LogP contribution in [-0.4, -0.2) is 41.9 Å². The molecule has 0 bridgehead atoms. The molecule has 0 spiro atoms. The van der Waals surface area contributed by atoms with Gasteiger partial charge in [-0.25, -0.2) is 0 Å². The molecule has 2 aliphatic rings. The molecule has 0 saturated heterocycles. The summed E-state index contributed by atoms with van der Waals surface area (Å²) in [4.78, 5) is 2.03. The zero-order valence-corrected chi connectivity index (χ0v) is 16.1. The number of nitrogens with one attached hydrogen (secondary N) is 1. The predicted octanol–water partition coefficient (Wildman–Crippen LogP) is 3.01. The molecule has 5 nitrogen and oxygen atoms in total. The third-order valence-electron chi connectivity index (χ3n) is 5.50. The molecule has 6 heteroatoms. The van der Waals surface area contributed by atoms with Crippen LogP contribution in [0.15, 0.2) is 12.1 Å². The summed E-state index contributed by atoms with van der Waals surface area (Å²) in [6, 6.07) is 4.15. The first-order valence-corrected chi connectivity index (χ1v) is 9.43. The number of aliphatic hydroxyl groups is 1. The highest BCUT2D eigenvalue weighted by Gasteiger charge is 2.32. The van der Waals surface area contributed by atoms with Gasteiger partial charge in [-0.3, -0.25) is 0 Å². The number of thiocarbonyl (C=S) groups is 1. The van der Waals surface area contributed by atoms with E-state index in [9.17, 15) is 5.11 Å². The van der Waals surface area contributed by atoms with E-state index in [0.717, 1.165) is 23.3 Å². The number of fused-ring (bicyclic) bond motifs is 1. The fraction of sp³-hybridized carbons (Fsp3) is 0.632. The van der Waals surface area contributed by atoms with Gasteiger partial charge in [-0.1, -0.05) is 19.8 Å². The third-order valence-corrected chi connectivity index (χ3v) is 5.87. The average molecular weight is 365 g/mol. The molecule has 1 aliphatic heterocycles. The van der Waals surface area contributed by atoms with Crippen molar-refractivity contribution in [3.8, 4) is 11.5 Å². The van der Waals surface area contributed by atoms with E-state index in [2.05, 4.69) is 12.2 Å². The minimum atomic E-state index is -0.655. The summed E-state index contributed by atoms with van der Waals surface area (Å²) in [5.41, 5.74) is 1.76. The molecule has 1 saturated carbocycles. The van der Waals surface area contributed by atoms with Gasteiger partial charge < -0.3 is 24.8 Å². The van der Waals surface area contributed by atoms with Crippen LogP contribution in [0.4, 0.5) is 0 Å². The molecule has 0 radical (unpaired) electrons. The van der Waals surface area contributed by atoms with Crippen molar-refractivity contribution in [1.82, 2.24) is 10.2 Å². The first kappa shape index (κ1) is 18.3. The topological polar surface area (TPSA) is 54.0 Å². The van der Waals surface area contributed by atoms with E-state index in [1.165, 1.54) is 19.3 Å². The molecule has 1 fully saturated rings. The normalized spacial score (nSPS) is 25.9. The maximum atomic E-state index is 10.7. The van der Waals surface area contributed by atoms with Gasteiger partial charge >= 0.3 is 0 Å². The van der Waals surface area contributed by atoms with Crippen LogP contribution >= 0.6 is 12.2 Å². The van der Waals surface area contributed by atoms with E-state index in [0.29, 0.717) is 35.9 Å². The monoisotopic (exact) mass is 364 g/mol. The Labute approximate surface area is 155 Å². The molecule has 25 heavy (non-hydrogen) atoms. The molecule has 3 rings (SSSR count). The summed E-state index contributed by atoms with van der Waals surface area (Å²) in [5, 5.41) is 15.0. The molecule has 0 unspecified atom stereocenters. The Morgan fingerprint density at radius 3 is 2.56 bits per heavy atom. The Hall–Kier alpha value is -1.53. The highest BCUT2D eigenvalue weighted by molar-refractivity contribution is 7.80. The van der Waals surface area contributed by atoms with Crippen molar-refractivity contribution in [3.63, 3.8) is 0 Å². The lowest BCUT2D eigenvalue weighted by Gasteiger charge is -2.38. The maximum absolute atomic E-state index is 10.7. The summed E-state index contributed by atoms with van der Waals surface area (Å²) in [6.45, 7) is 3.36. The number of methoxy groups -OCH3 is 2. The number of hydrogen-bond donors (Lipinski definition) is 2. The van der Waals surface area contributed by atoms with Crippen LogP contribution in [0.5, 0.6) is 11.5 Å². The van der Waals surface area contributed by atoms with E-state index < -0.39 is 6.10 Å². The van der Waals surface area contributed by atoms with Gasteiger partial charge in [0, 0.05) is 23.7 Å². The number of hydrogen-bond acceptors (Lipinski definition) is 4. The van der Waals surface area contributed by atoms with Gasteiger partial charge in [0.15, 0.2) is 5.11 Å². The van der Waals surface area contributed by atoms with Crippen LogP contribution in [0.2, 0.25) is 0 Å². The van der Waals surface area contributed by atoms with E-state index in [1.54, 1.807) is 14.2 Å². The highest BCUT2D eigenvalue weighted by Crippen LogP contribution is 2.39. The van der Waals surface area contributed by atoms with Crippen LogP contribution < -0.4 is 14.8 Å². The van der Waals surface area contributed by atoms with Crippen molar-refractivity contribution < 1.29 is 14.6 Å². The van der Waals surface area contributed by atoms with Crippen molar-refractivity contribution in [3.05, 3.63) is 23.3 Å². The second-order valence-corrected chi connectivity index (χ2v) is 7.46. The molecule has 0 amide bonds. The lowest BCUT2D eigenvalue weighted by Crippen LogP contribution is -2.49. The number of aliphatic hydroxyl groups excluding tert-OH is 1. The second-order valence-electron chi connectivity index (χ2n) is 7.08. The van der Waals surface area contributed by atoms with Gasteiger partial charge in [0.2, 0.25) is 0 Å². The Kier molecular flexibility index (Phi) is 5.69.